The highest BCUT2D eigenvalue weighted by Gasteiger charge is 2.02. The van der Waals surface area contributed by atoms with Crippen LogP contribution in [0.1, 0.15) is 12.5 Å². The van der Waals surface area contributed by atoms with E-state index in [-0.39, 0.29) is 0 Å². The molecule has 1 rings (SSSR count). The van der Waals surface area contributed by atoms with Crippen LogP contribution in [-0.4, -0.2) is 18.1 Å². The molecule has 1 unspecified atom stereocenters. The fraction of sp³-hybridized carbons (Fsp3) is 0.364. The Bertz CT molecular complexity index is 371. The molecule has 0 amide bonds. The third-order valence-corrected chi connectivity index (χ3v) is 3.14. The van der Waals surface area contributed by atoms with Gasteiger partial charge in [-0.15, -0.1) is 0 Å². The lowest BCUT2D eigenvalue weighted by Gasteiger charge is -2.11. The maximum absolute atomic E-state index is 8.80. The number of nitrogens with zero attached hydrogens (tertiary/aromatic N) is 1. The summed E-state index contributed by atoms with van der Waals surface area (Å²) < 4.78 is 0. The van der Waals surface area contributed by atoms with Crippen LogP contribution < -0.4 is 11.1 Å². The first-order valence-corrected chi connectivity index (χ1v) is 6.02. The maximum Gasteiger partial charge on any atom is 0.101 e. The van der Waals surface area contributed by atoms with Crippen molar-refractivity contribution in [2.75, 3.05) is 23.9 Å². The van der Waals surface area contributed by atoms with E-state index in [1.54, 1.807) is 23.9 Å². The molecule has 0 saturated carbocycles. The minimum Gasteiger partial charge on any atom is -0.398 e. The predicted molar refractivity (Wildman–Crippen MR) is 67.0 cm³/mol. The van der Waals surface area contributed by atoms with E-state index >= 15 is 0 Å². The molecule has 1 aromatic rings. The molecule has 0 fully saturated rings. The van der Waals surface area contributed by atoms with Gasteiger partial charge < -0.3 is 11.1 Å². The average molecular weight is 221 g/mol. The molecule has 1 atom stereocenters. The molecule has 3 N–H and O–H groups in total. The molecule has 0 aliphatic rings. The van der Waals surface area contributed by atoms with Crippen molar-refractivity contribution in [1.29, 1.82) is 5.26 Å². The molecule has 0 aromatic heterocycles. The number of benzene rings is 1. The summed E-state index contributed by atoms with van der Waals surface area (Å²) in [6.45, 7) is 3.04. The molecule has 0 saturated heterocycles. The van der Waals surface area contributed by atoms with Crippen molar-refractivity contribution >= 4 is 23.1 Å². The van der Waals surface area contributed by atoms with Gasteiger partial charge in [-0.25, -0.2) is 0 Å². The van der Waals surface area contributed by atoms with Gasteiger partial charge in [-0.3, -0.25) is 0 Å². The Hall–Kier alpha value is -1.34. The van der Waals surface area contributed by atoms with Crippen LogP contribution in [0.15, 0.2) is 18.2 Å². The quantitative estimate of drug-likeness (QED) is 0.766. The van der Waals surface area contributed by atoms with Gasteiger partial charge in [0, 0.05) is 23.2 Å². The zero-order valence-corrected chi connectivity index (χ0v) is 9.77. The highest BCUT2D eigenvalue weighted by atomic mass is 32.2. The second kappa shape index (κ2) is 5.52. The second-order valence-corrected chi connectivity index (χ2v) is 4.62. The Labute approximate surface area is 94.7 Å². The van der Waals surface area contributed by atoms with Crippen LogP contribution >= 0.6 is 11.8 Å². The fourth-order valence-electron chi connectivity index (χ4n) is 1.11. The molecule has 0 heterocycles. The Balaban J connectivity index is 2.67. The number of nitriles is 1. The van der Waals surface area contributed by atoms with Gasteiger partial charge in [0.15, 0.2) is 0 Å². The van der Waals surface area contributed by atoms with Crippen LogP contribution in [0.2, 0.25) is 0 Å². The molecule has 0 aliphatic carbocycles. The Morgan fingerprint density at radius 1 is 1.60 bits per heavy atom. The molecule has 0 bridgehead atoms. The Morgan fingerprint density at radius 3 is 2.93 bits per heavy atom. The van der Waals surface area contributed by atoms with Gasteiger partial charge in [0.1, 0.15) is 6.07 Å². The number of hydrogen-bond donors (Lipinski definition) is 2. The summed E-state index contributed by atoms with van der Waals surface area (Å²) in [4.78, 5) is 0. The van der Waals surface area contributed by atoms with Gasteiger partial charge in [-0.1, -0.05) is 6.92 Å². The minimum atomic E-state index is 0.525. The summed E-state index contributed by atoms with van der Waals surface area (Å²) in [7, 11) is 0. The monoisotopic (exact) mass is 221 g/mol. The standard InChI is InChI=1S/C11H15N3S/c1-8(15-2)7-14-10-3-4-11(13)9(5-10)6-12/h3-5,8,14H,7,13H2,1-2H3. The molecule has 4 heteroatoms. The molecule has 0 aliphatic heterocycles. The lowest BCUT2D eigenvalue weighted by atomic mass is 10.2. The van der Waals surface area contributed by atoms with E-state index in [0.717, 1.165) is 12.2 Å². The lowest BCUT2D eigenvalue weighted by molar-refractivity contribution is 1.00. The van der Waals surface area contributed by atoms with E-state index in [0.29, 0.717) is 16.5 Å². The highest BCUT2D eigenvalue weighted by Crippen LogP contribution is 2.17. The average Bonchev–Trinajstić information content (AvgIpc) is 2.27. The van der Waals surface area contributed by atoms with Crippen LogP contribution in [0.5, 0.6) is 0 Å². The van der Waals surface area contributed by atoms with Gasteiger partial charge >= 0.3 is 0 Å². The van der Waals surface area contributed by atoms with E-state index in [9.17, 15) is 0 Å². The maximum atomic E-state index is 8.80. The SMILES string of the molecule is CSC(C)CNc1ccc(N)c(C#N)c1. The third kappa shape index (κ3) is 3.37. The summed E-state index contributed by atoms with van der Waals surface area (Å²) in [6.07, 6.45) is 2.08. The Morgan fingerprint density at radius 2 is 2.33 bits per heavy atom. The fourth-order valence-corrected chi connectivity index (χ4v) is 1.36. The first-order chi connectivity index (χ1) is 7.17. The topological polar surface area (TPSA) is 61.8 Å². The van der Waals surface area contributed by atoms with Crippen LogP contribution in [0.25, 0.3) is 0 Å². The molecule has 80 valence electrons. The van der Waals surface area contributed by atoms with Gasteiger partial charge in [-0.2, -0.15) is 17.0 Å². The number of thioether (sulfide) groups is 1. The summed E-state index contributed by atoms with van der Waals surface area (Å²) >= 11 is 1.80. The second-order valence-electron chi connectivity index (χ2n) is 3.34. The first-order valence-electron chi connectivity index (χ1n) is 4.73. The van der Waals surface area contributed by atoms with Crippen LogP contribution in [0.3, 0.4) is 0 Å². The molecule has 0 radical (unpaired) electrons. The highest BCUT2D eigenvalue weighted by molar-refractivity contribution is 7.99. The lowest BCUT2D eigenvalue weighted by Crippen LogP contribution is -2.12. The van der Waals surface area contributed by atoms with Crippen LogP contribution in [-0.2, 0) is 0 Å². The Kier molecular flexibility index (Phi) is 4.32. The van der Waals surface area contributed by atoms with Crippen molar-refractivity contribution < 1.29 is 0 Å². The zero-order valence-electron chi connectivity index (χ0n) is 8.95. The van der Waals surface area contributed by atoms with Crippen molar-refractivity contribution in [3.63, 3.8) is 0 Å². The van der Waals surface area contributed by atoms with Crippen molar-refractivity contribution in [2.45, 2.75) is 12.2 Å². The largest absolute Gasteiger partial charge is 0.398 e. The molecule has 0 spiro atoms. The number of anilines is 2. The minimum absolute atomic E-state index is 0.525. The number of nitrogen functional groups attached to an aromatic ring is 1. The van der Waals surface area contributed by atoms with Crippen molar-refractivity contribution in [1.82, 2.24) is 0 Å². The van der Waals surface area contributed by atoms with Crippen LogP contribution in [0, 0.1) is 11.3 Å². The summed E-state index contributed by atoms with van der Waals surface area (Å²) in [6, 6.07) is 7.49. The normalized spacial score (nSPS) is 11.8. The summed E-state index contributed by atoms with van der Waals surface area (Å²) in [5.41, 5.74) is 7.63. The molecule has 15 heavy (non-hydrogen) atoms. The molecular weight excluding hydrogens is 206 g/mol. The van der Waals surface area contributed by atoms with E-state index < -0.39 is 0 Å². The first kappa shape index (κ1) is 11.7. The molecule has 3 nitrogen and oxygen atoms in total. The molecular formula is C11H15N3S. The van der Waals surface area contributed by atoms with Crippen molar-refractivity contribution in [3.05, 3.63) is 23.8 Å². The third-order valence-electron chi connectivity index (χ3n) is 2.17. The number of hydrogen-bond acceptors (Lipinski definition) is 4. The number of nitrogens with two attached hydrogens (primary N) is 1. The van der Waals surface area contributed by atoms with Gasteiger partial charge in [0.05, 0.1) is 5.56 Å². The zero-order chi connectivity index (χ0) is 11.3. The van der Waals surface area contributed by atoms with E-state index in [2.05, 4.69) is 24.6 Å². The van der Waals surface area contributed by atoms with Crippen molar-refractivity contribution in [3.8, 4) is 6.07 Å². The van der Waals surface area contributed by atoms with Crippen molar-refractivity contribution in [2.24, 2.45) is 0 Å². The van der Waals surface area contributed by atoms with Gasteiger partial charge in [0.2, 0.25) is 0 Å². The van der Waals surface area contributed by atoms with E-state index in [1.807, 2.05) is 6.07 Å². The summed E-state index contributed by atoms with van der Waals surface area (Å²) in [5, 5.41) is 12.6. The summed E-state index contributed by atoms with van der Waals surface area (Å²) in [5.74, 6) is 0. The molecule has 1 aromatic carbocycles. The van der Waals surface area contributed by atoms with Gasteiger partial charge in [0.25, 0.3) is 0 Å². The van der Waals surface area contributed by atoms with E-state index in [4.69, 9.17) is 11.0 Å². The van der Waals surface area contributed by atoms with E-state index in [1.165, 1.54) is 0 Å². The van der Waals surface area contributed by atoms with Crippen LogP contribution in [0.4, 0.5) is 11.4 Å². The number of rotatable bonds is 4. The number of nitrogens with one attached hydrogen (secondary N) is 1. The smallest absolute Gasteiger partial charge is 0.101 e. The predicted octanol–water partition coefficient (Wildman–Crippen LogP) is 2.30. The van der Waals surface area contributed by atoms with Gasteiger partial charge in [-0.05, 0) is 24.5 Å².